The van der Waals surface area contributed by atoms with Gasteiger partial charge >= 0.3 is 0 Å². The predicted molar refractivity (Wildman–Crippen MR) is 130 cm³/mol. The molecule has 1 saturated carbocycles. The summed E-state index contributed by atoms with van der Waals surface area (Å²) in [4.78, 5) is 27.9. The van der Waals surface area contributed by atoms with E-state index in [0.717, 1.165) is 66.4 Å². The second-order valence-electron chi connectivity index (χ2n) is 10.7. The number of nitrogens with zero attached hydrogens (tertiary/aromatic N) is 5. The van der Waals surface area contributed by atoms with E-state index in [2.05, 4.69) is 20.6 Å². The number of likely N-dealkylation sites (tertiary alicyclic amines) is 1. The molecule has 0 spiro atoms. The lowest BCUT2D eigenvalue weighted by Crippen LogP contribution is -2.44. The van der Waals surface area contributed by atoms with Crippen molar-refractivity contribution in [2.75, 3.05) is 13.1 Å². The highest BCUT2D eigenvalue weighted by Crippen LogP contribution is 2.38. The largest absolute Gasteiger partial charge is 0.390 e. The minimum atomic E-state index is -0.706. The van der Waals surface area contributed by atoms with Gasteiger partial charge in [0.2, 0.25) is 5.91 Å². The van der Waals surface area contributed by atoms with E-state index in [1.165, 1.54) is 0 Å². The third-order valence-electron chi connectivity index (χ3n) is 8.02. The summed E-state index contributed by atoms with van der Waals surface area (Å²) in [5.74, 6) is 1.59. The molecule has 34 heavy (non-hydrogen) atoms. The highest BCUT2D eigenvalue weighted by atomic mass is 16.3. The number of rotatable bonds is 5. The van der Waals surface area contributed by atoms with Gasteiger partial charge in [0.25, 0.3) is 0 Å². The molecule has 2 fully saturated rings. The van der Waals surface area contributed by atoms with Crippen LogP contribution in [0.25, 0.3) is 22.1 Å². The summed E-state index contributed by atoms with van der Waals surface area (Å²) >= 11 is 0. The van der Waals surface area contributed by atoms with Crippen LogP contribution >= 0.6 is 0 Å². The number of nitrogens with one attached hydrogen (secondary N) is 1. The van der Waals surface area contributed by atoms with Crippen molar-refractivity contribution in [2.45, 2.75) is 76.9 Å². The zero-order valence-corrected chi connectivity index (χ0v) is 20.1. The average Bonchev–Trinajstić information content (AvgIpc) is 3.43. The first-order chi connectivity index (χ1) is 16.3. The minimum Gasteiger partial charge on any atom is -0.390 e. The van der Waals surface area contributed by atoms with Gasteiger partial charge in [0.1, 0.15) is 17.0 Å². The fraction of sp³-hybridized carbons (Fsp3) is 0.615. The molecule has 3 aromatic heterocycles. The van der Waals surface area contributed by atoms with Crippen molar-refractivity contribution in [3.8, 4) is 6.07 Å². The number of amides is 1. The fourth-order valence-electron chi connectivity index (χ4n) is 5.98. The van der Waals surface area contributed by atoms with Crippen LogP contribution < -0.4 is 0 Å². The molecule has 1 amide bonds. The van der Waals surface area contributed by atoms with Crippen molar-refractivity contribution in [2.24, 2.45) is 11.8 Å². The van der Waals surface area contributed by atoms with Crippen molar-refractivity contribution >= 4 is 28.0 Å². The topological polar surface area (TPSA) is 111 Å². The van der Waals surface area contributed by atoms with Gasteiger partial charge in [-0.25, -0.2) is 9.97 Å². The molecule has 0 bridgehead atoms. The summed E-state index contributed by atoms with van der Waals surface area (Å²) in [5, 5.41) is 20.5. The van der Waals surface area contributed by atoms with Gasteiger partial charge in [0, 0.05) is 37.1 Å². The third-order valence-corrected chi connectivity index (χ3v) is 8.02. The lowest BCUT2D eigenvalue weighted by Gasteiger charge is -2.38. The maximum atomic E-state index is 13.3. The molecular formula is C26H34N6O2. The quantitative estimate of drug-likeness (QED) is 0.593. The molecule has 5 rings (SSSR count). The number of nitriles is 1. The van der Waals surface area contributed by atoms with Crippen molar-refractivity contribution in [1.82, 2.24) is 24.4 Å². The number of hydrogen-bond acceptors (Lipinski definition) is 5. The van der Waals surface area contributed by atoms with Gasteiger partial charge in [-0.1, -0.05) is 0 Å². The zero-order valence-electron chi connectivity index (χ0n) is 20.1. The molecule has 8 heteroatoms. The number of aliphatic hydroxyl groups is 1. The van der Waals surface area contributed by atoms with E-state index in [-0.39, 0.29) is 24.3 Å². The number of aromatic amines is 1. The molecule has 0 atom stereocenters. The summed E-state index contributed by atoms with van der Waals surface area (Å²) in [5.41, 5.74) is 2.01. The van der Waals surface area contributed by atoms with E-state index in [1.54, 1.807) is 6.20 Å². The number of imidazole rings is 1. The second kappa shape index (κ2) is 9.03. The van der Waals surface area contributed by atoms with Crippen molar-refractivity contribution in [3.63, 3.8) is 0 Å². The summed E-state index contributed by atoms with van der Waals surface area (Å²) in [7, 11) is 0. The van der Waals surface area contributed by atoms with Gasteiger partial charge in [0.05, 0.1) is 29.8 Å². The molecule has 2 aliphatic rings. The Balaban J connectivity index is 1.43. The monoisotopic (exact) mass is 462 g/mol. The van der Waals surface area contributed by atoms with Crippen LogP contribution in [0.2, 0.25) is 0 Å². The number of aromatic nitrogens is 4. The van der Waals surface area contributed by atoms with Gasteiger partial charge < -0.3 is 19.6 Å². The Bertz CT molecular complexity index is 1210. The summed E-state index contributed by atoms with van der Waals surface area (Å²) in [6.45, 7) is 5.07. The van der Waals surface area contributed by atoms with Gasteiger partial charge in [-0.05, 0) is 70.3 Å². The number of fused-ring (bicyclic) bond motifs is 3. The first-order valence-corrected chi connectivity index (χ1v) is 12.5. The smallest absolute Gasteiger partial charge is 0.230 e. The lowest BCUT2D eigenvalue weighted by atomic mass is 9.83. The van der Waals surface area contributed by atoms with Gasteiger partial charge in [-0.2, -0.15) is 5.26 Å². The molecular weight excluding hydrogens is 428 g/mol. The highest BCUT2D eigenvalue weighted by molar-refractivity contribution is 6.01. The van der Waals surface area contributed by atoms with Crippen LogP contribution in [-0.2, 0) is 11.2 Å². The number of carbonyl (C=O) groups is 1. The molecule has 8 nitrogen and oxygen atoms in total. The molecule has 1 saturated heterocycles. The molecule has 180 valence electrons. The Hall–Kier alpha value is -2.92. The number of carbonyl (C=O) groups excluding carboxylic acids is 1. The fourth-order valence-corrected chi connectivity index (χ4v) is 5.98. The summed E-state index contributed by atoms with van der Waals surface area (Å²) in [6.07, 6.45) is 10.3. The zero-order chi connectivity index (χ0) is 23.9. The first kappa shape index (κ1) is 22.9. The molecule has 3 aromatic rings. The minimum absolute atomic E-state index is 0.0993. The normalized spacial score (nSPS) is 22.4. The van der Waals surface area contributed by atoms with E-state index in [1.807, 2.05) is 31.0 Å². The highest BCUT2D eigenvalue weighted by Gasteiger charge is 2.33. The summed E-state index contributed by atoms with van der Waals surface area (Å²) < 4.78 is 2.30. The van der Waals surface area contributed by atoms with E-state index in [9.17, 15) is 9.90 Å². The third kappa shape index (κ3) is 4.29. The SMILES string of the molecule is CC(C)(O)C1CCN(C(=O)Cc2nc3cnc4[nH]ccc4c3n2[C@H]2CC[C@H](CC#N)CC2)CC1. The Morgan fingerprint density at radius 1 is 1.24 bits per heavy atom. The van der Waals surface area contributed by atoms with Gasteiger partial charge in [0.15, 0.2) is 0 Å². The van der Waals surface area contributed by atoms with Crippen LogP contribution in [0, 0.1) is 23.2 Å². The maximum absolute atomic E-state index is 13.3. The molecule has 4 heterocycles. The number of hydrogen-bond donors (Lipinski definition) is 2. The molecule has 0 aromatic carbocycles. The molecule has 0 unspecified atom stereocenters. The van der Waals surface area contributed by atoms with Crippen molar-refractivity contribution in [3.05, 3.63) is 24.3 Å². The molecule has 1 aliphatic heterocycles. The van der Waals surface area contributed by atoms with Crippen LogP contribution in [0.15, 0.2) is 18.5 Å². The van der Waals surface area contributed by atoms with Crippen molar-refractivity contribution < 1.29 is 9.90 Å². The molecule has 2 N–H and O–H groups in total. The van der Waals surface area contributed by atoms with E-state index in [4.69, 9.17) is 10.2 Å². The van der Waals surface area contributed by atoms with E-state index in [0.29, 0.717) is 25.4 Å². The number of pyridine rings is 1. The Labute approximate surface area is 200 Å². The van der Waals surface area contributed by atoms with E-state index < -0.39 is 5.60 Å². The Morgan fingerprint density at radius 3 is 2.65 bits per heavy atom. The molecule has 0 radical (unpaired) electrons. The van der Waals surface area contributed by atoms with Crippen LogP contribution in [0.5, 0.6) is 0 Å². The van der Waals surface area contributed by atoms with Gasteiger partial charge in [-0.15, -0.1) is 0 Å². The van der Waals surface area contributed by atoms with Crippen molar-refractivity contribution in [1.29, 1.82) is 5.26 Å². The average molecular weight is 463 g/mol. The first-order valence-electron chi connectivity index (χ1n) is 12.5. The van der Waals surface area contributed by atoms with Crippen LogP contribution in [-0.4, -0.2) is 54.1 Å². The second-order valence-corrected chi connectivity index (χ2v) is 10.7. The predicted octanol–water partition coefficient (Wildman–Crippen LogP) is 4.11. The number of H-pyrrole nitrogens is 1. The molecule has 1 aliphatic carbocycles. The van der Waals surface area contributed by atoms with Gasteiger partial charge in [-0.3, -0.25) is 4.79 Å². The van der Waals surface area contributed by atoms with Crippen LogP contribution in [0.3, 0.4) is 0 Å². The standard InChI is InChI=1S/C26H34N6O2/c1-26(2,34)18-9-13-31(14-10-18)23(33)15-22-30-21-16-29-25-20(8-12-28-25)24(21)32(22)19-5-3-17(4-6-19)7-11-27/h8,12,16-19,34H,3-7,9-10,13-15H2,1-2H3,(H,28,29)/t17-,19-. The Morgan fingerprint density at radius 2 is 1.97 bits per heavy atom. The lowest BCUT2D eigenvalue weighted by molar-refractivity contribution is -0.133. The van der Waals surface area contributed by atoms with Crippen LogP contribution in [0.1, 0.15) is 70.7 Å². The van der Waals surface area contributed by atoms with Crippen LogP contribution in [0.4, 0.5) is 0 Å². The Kier molecular flexibility index (Phi) is 6.07. The summed E-state index contributed by atoms with van der Waals surface area (Å²) in [6, 6.07) is 4.63. The van der Waals surface area contributed by atoms with E-state index >= 15 is 0 Å². The maximum Gasteiger partial charge on any atom is 0.230 e. The number of piperidine rings is 1.